The van der Waals surface area contributed by atoms with Gasteiger partial charge in [0.15, 0.2) is 11.5 Å². The molecule has 7 rings (SSSR count). The Hall–Kier alpha value is -4.42. The van der Waals surface area contributed by atoms with Gasteiger partial charge in [-0.25, -0.2) is 4.98 Å². The molecule has 286 valence electrons. The van der Waals surface area contributed by atoms with Crippen LogP contribution in [0.25, 0.3) is 11.0 Å². The molecule has 0 saturated carbocycles. The van der Waals surface area contributed by atoms with E-state index in [1.54, 1.807) is 33.5 Å². The second kappa shape index (κ2) is 16.5. The number of aliphatic hydroxyl groups excluding tert-OH is 1. The standard InChI is InChI=1S/C41H47Cl2N5O6/c1-51-36-21-27(22-37(52-2)38(36)53-3)39(50)47-17-6-15-41(26-47,28-9-12-32(42)33(43)23-28)16-20-46-18-13-29(14-19-46)48(24-30-10-11-31(25-49)54-30)40-44-34-7-4-5-8-35(34)45-40/h4-5,7-12,21-23,29,49H,6,13-20,24-26H2,1-3H3,(H,44,45). The van der Waals surface area contributed by atoms with Gasteiger partial charge in [0, 0.05) is 43.2 Å². The summed E-state index contributed by atoms with van der Waals surface area (Å²) in [6.45, 7) is 4.26. The molecular weight excluding hydrogens is 729 g/mol. The Morgan fingerprint density at radius 2 is 1.70 bits per heavy atom. The molecule has 54 heavy (non-hydrogen) atoms. The Kier molecular flexibility index (Phi) is 11.6. The van der Waals surface area contributed by atoms with Crippen LogP contribution in [0.1, 0.15) is 59.5 Å². The average Bonchev–Trinajstić information content (AvgIpc) is 3.86. The molecule has 2 aliphatic rings. The van der Waals surface area contributed by atoms with Crippen molar-refractivity contribution in [3.05, 3.63) is 99.4 Å². The molecule has 0 aliphatic carbocycles. The summed E-state index contributed by atoms with van der Waals surface area (Å²) in [7, 11) is 4.65. The van der Waals surface area contributed by atoms with E-state index < -0.39 is 0 Å². The van der Waals surface area contributed by atoms with E-state index in [2.05, 4.69) is 20.9 Å². The molecule has 2 saturated heterocycles. The van der Waals surface area contributed by atoms with E-state index in [4.69, 9.17) is 46.8 Å². The molecule has 2 aliphatic heterocycles. The lowest BCUT2D eigenvalue weighted by molar-refractivity contribution is 0.0606. The number of hydrogen-bond donors (Lipinski definition) is 2. The molecule has 2 aromatic heterocycles. The second-order valence-electron chi connectivity index (χ2n) is 14.2. The Morgan fingerprint density at radius 3 is 2.37 bits per heavy atom. The van der Waals surface area contributed by atoms with Crippen LogP contribution in [0.15, 0.2) is 71.1 Å². The quantitative estimate of drug-likeness (QED) is 0.124. The average molecular weight is 777 g/mol. The van der Waals surface area contributed by atoms with Crippen molar-refractivity contribution in [3.8, 4) is 17.2 Å². The zero-order valence-corrected chi connectivity index (χ0v) is 32.5. The predicted molar refractivity (Wildman–Crippen MR) is 210 cm³/mol. The Labute approximate surface area is 325 Å². The number of amides is 1. The molecule has 11 nitrogen and oxygen atoms in total. The maximum Gasteiger partial charge on any atom is 0.254 e. The van der Waals surface area contributed by atoms with Crippen LogP contribution in [0, 0.1) is 0 Å². The highest BCUT2D eigenvalue weighted by molar-refractivity contribution is 6.42. The van der Waals surface area contributed by atoms with E-state index >= 15 is 0 Å². The summed E-state index contributed by atoms with van der Waals surface area (Å²) < 4.78 is 22.6. The second-order valence-corrected chi connectivity index (χ2v) is 15.0. The van der Waals surface area contributed by atoms with Gasteiger partial charge in [0.2, 0.25) is 11.7 Å². The number of aromatic nitrogens is 2. The molecule has 1 amide bonds. The van der Waals surface area contributed by atoms with E-state index in [-0.39, 0.29) is 24.0 Å². The number of likely N-dealkylation sites (tertiary alicyclic amines) is 2. The number of imidazole rings is 1. The van der Waals surface area contributed by atoms with E-state index in [1.165, 1.54) is 0 Å². The van der Waals surface area contributed by atoms with E-state index in [0.717, 1.165) is 80.0 Å². The number of piperidine rings is 2. The molecule has 4 heterocycles. The van der Waals surface area contributed by atoms with Crippen LogP contribution < -0.4 is 19.1 Å². The predicted octanol–water partition coefficient (Wildman–Crippen LogP) is 7.72. The molecule has 0 bridgehead atoms. The third-order valence-corrected chi connectivity index (χ3v) is 11.8. The van der Waals surface area contributed by atoms with Gasteiger partial charge in [-0.05, 0) is 92.7 Å². The number of rotatable bonds is 13. The number of hydrogen-bond acceptors (Lipinski definition) is 9. The van der Waals surface area contributed by atoms with Crippen molar-refractivity contribution in [2.75, 3.05) is 59.0 Å². The van der Waals surface area contributed by atoms with Crippen LogP contribution in [-0.2, 0) is 18.6 Å². The number of benzene rings is 3. The number of halogens is 2. The van der Waals surface area contributed by atoms with Gasteiger partial charge in [0.05, 0.1) is 49.0 Å². The molecule has 2 N–H and O–H groups in total. The third-order valence-electron chi connectivity index (χ3n) is 11.1. The first-order chi connectivity index (χ1) is 26.2. The highest BCUT2D eigenvalue weighted by Gasteiger charge is 2.40. The first-order valence-electron chi connectivity index (χ1n) is 18.4. The van der Waals surface area contributed by atoms with Gasteiger partial charge < -0.3 is 43.4 Å². The summed E-state index contributed by atoms with van der Waals surface area (Å²) >= 11 is 13.0. The zero-order chi connectivity index (χ0) is 37.8. The van der Waals surface area contributed by atoms with Crippen molar-refractivity contribution in [2.45, 2.75) is 56.7 Å². The number of H-pyrrole nitrogens is 1. The molecular formula is C41H47Cl2N5O6. The minimum absolute atomic E-state index is 0.0902. The Balaban J connectivity index is 1.09. The summed E-state index contributed by atoms with van der Waals surface area (Å²) in [6.07, 6.45) is 4.49. The fourth-order valence-electron chi connectivity index (χ4n) is 8.14. The number of anilines is 1. The summed E-state index contributed by atoms with van der Waals surface area (Å²) in [6, 6.07) is 21.4. The van der Waals surface area contributed by atoms with Gasteiger partial charge in [-0.15, -0.1) is 0 Å². The minimum Gasteiger partial charge on any atom is -0.493 e. The fourth-order valence-corrected chi connectivity index (χ4v) is 8.44. The van der Waals surface area contributed by atoms with Crippen molar-refractivity contribution >= 4 is 46.1 Å². The van der Waals surface area contributed by atoms with E-state index in [1.807, 2.05) is 53.4 Å². The van der Waals surface area contributed by atoms with Crippen LogP contribution in [0.4, 0.5) is 5.95 Å². The summed E-state index contributed by atoms with van der Waals surface area (Å²) in [5.41, 5.74) is 3.15. The molecule has 2 fully saturated rings. The summed E-state index contributed by atoms with van der Waals surface area (Å²) in [5.74, 6) is 3.38. The molecule has 0 spiro atoms. The van der Waals surface area contributed by atoms with Gasteiger partial charge in [-0.1, -0.05) is 41.4 Å². The van der Waals surface area contributed by atoms with Crippen LogP contribution >= 0.6 is 23.2 Å². The lowest BCUT2D eigenvalue weighted by atomic mass is 9.71. The highest BCUT2D eigenvalue weighted by atomic mass is 35.5. The molecule has 0 radical (unpaired) electrons. The third kappa shape index (κ3) is 7.86. The van der Waals surface area contributed by atoms with Gasteiger partial charge in [-0.3, -0.25) is 4.79 Å². The van der Waals surface area contributed by atoms with Crippen LogP contribution in [-0.4, -0.2) is 90.9 Å². The van der Waals surface area contributed by atoms with Gasteiger partial charge in [0.25, 0.3) is 5.91 Å². The van der Waals surface area contributed by atoms with Gasteiger partial charge >= 0.3 is 0 Å². The van der Waals surface area contributed by atoms with Crippen molar-refractivity contribution in [2.24, 2.45) is 0 Å². The number of aromatic amines is 1. The lowest BCUT2D eigenvalue weighted by Gasteiger charge is -2.45. The molecule has 5 aromatic rings. The number of fused-ring (bicyclic) bond motifs is 1. The molecule has 3 aromatic carbocycles. The fraction of sp³-hybridized carbons (Fsp3) is 0.415. The first-order valence-corrected chi connectivity index (χ1v) is 19.2. The van der Waals surface area contributed by atoms with E-state index in [9.17, 15) is 9.90 Å². The van der Waals surface area contributed by atoms with Crippen molar-refractivity contribution < 1.29 is 28.5 Å². The van der Waals surface area contributed by atoms with Crippen molar-refractivity contribution in [1.29, 1.82) is 0 Å². The number of carbonyl (C=O) groups excluding carboxylic acids is 1. The van der Waals surface area contributed by atoms with E-state index in [0.29, 0.717) is 58.3 Å². The number of carbonyl (C=O) groups is 1. The monoisotopic (exact) mass is 775 g/mol. The smallest absolute Gasteiger partial charge is 0.254 e. The normalized spacial score (nSPS) is 18.2. The van der Waals surface area contributed by atoms with Crippen molar-refractivity contribution in [3.63, 3.8) is 0 Å². The zero-order valence-electron chi connectivity index (χ0n) is 30.9. The van der Waals surface area contributed by atoms with Gasteiger partial charge in [-0.2, -0.15) is 0 Å². The number of methoxy groups -OCH3 is 3. The van der Waals surface area contributed by atoms with Gasteiger partial charge in [0.1, 0.15) is 18.1 Å². The molecule has 1 atom stereocenters. The van der Waals surface area contributed by atoms with Crippen LogP contribution in [0.3, 0.4) is 0 Å². The number of para-hydroxylation sites is 2. The minimum atomic E-state index is -0.330. The Bertz CT molecular complexity index is 2020. The Morgan fingerprint density at radius 1 is 0.963 bits per heavy atom. The number of aliphatic hydroxyl groups is 1. The van der Waals surface area contributed by atoms with Crippen LogP contribution in [0.2, 0.25) is 10.0 Å². The molecule has 1 unspecified atom stereocenters. The number of nitrogens with zero attached hydrogens (tertiary/aromatic N) is 4. The largest absolute Gasteiger partial charge is 0.493 e. The first kappa shape index (κ1) is 37.9. The number of ether oxygens (including phenoxy) is 3. The highest BCUT2D eigenvalue weighted by Crippen LogP contribution is 2.42. The SMILES string of the molecule is COc1cc(C(=O)N2CCCC(CCN3CCC(N(Cc4ccc(CO)o4)c4nc5ccccc5[nH]4)CC3)(c3ccc(Cl)c(Cl)c3)C2)cc(OC)c1OC. The van der Waals surface area contributed by atoms with Crippen LogP contribution in [0.5, 0.6) is 17.2 Å². The summed E-state index contributed by atoms with van der Waals surface area (Å²) in [5, 5.41) is 10.6. The maximum atomic E-state index is 14.2. The maximum absolute atomic E-state index is 14.2. The van der Waals surface area contributed by atoms with Crippen molar-refractivity contribution in [1.82, 2.24) is 19.8 Å². The lowest BCUT2D eigenvalue weighted by Crippen LogP contribution is -2.51. The molecule has 13 heteroatoms. The topological polar surface area (TPSA) is 117 Å². The number of furan rings is 1. The number of nitrogens with one attached hydrogen (secondary N) is 1. The summed E-state index contributed by atoms with van der Waals surface area (Å²) in [4.78, 5) is 29.4.